The summed E-state index contributed by atoms with van der Waals surface area (Å²) in [6.45, 7) is 14.8. The minimum absolute atomic E-state index is 0.000159. The van der Waals surface area contributed by atoms with Crippen LogP contribution >= 0.6 is 11.3 Å². The number of aromatic nitrogens is 1. The van der Waals surface area contributed by atoms with Crippen molar-refractivity contribution in [3.05, 3.63) is 41.0 Å². The summed E-state index contributed by atoms with van der Waals surface area (Å²) in [6.07, 6.45) is -0.542. The highest BCUT2D eigenvalue weighted by molar-refractivity contribution is 7.13. The van der Waals surface area contributed by atoms with E-state index in [1.54, 1.807) is 11.3 Å². The predicted octanol–water partition coefficient (Wildman–Crippen LogP) is 3.40. The fourth-order valence-corrected chi connectivity index (χ4v) is 6.08. The Morgan fingerprint density at radius 3 is 2.10 bits per heavy atom. The molecule has 0 radical (unpaired) electrons. The number of aliphatic hydroxyl groups is 1. The Bertz CT molecular complexity index is 1400. The van der Waals surface area contributed by atoms with Gasteiger partial charge in [-0.25, -0.2) is 4.98 Å². The average molecular weight is 719 g/mol. The molecule has 0 spiro atoms. The van der Waals surface area contributed by atoms with Crippen molar-refractivity contribution in [2.75, 3.05) is 46.2 Å². The van der Waals surface area contributed by atoms with E-state index >= 15 is 0 Å². The molecule has 0 saturated carbocycles. The third kappa shape index (κ3) is 13.7. The van der Waals surface area contributed by atoms with Gasteiger partial charge in [-0.15, -0.1) is 11.3 Å². The van der Waals surface area contributed by atoms with Gasteiger partial charge in [-0.05, 0) is 44.2 Å². The lowest BCUT2D eigenvalue weighted by Crippen LogP contribution is -2.57. The predicted molar refractivity (Wildman–Crippen MR) is 189 cm³/mol. The number of amides is 3. The van der Waals surface area contributed by atoms with E-state index in [1.807, 2.05) is 78.2 Å². The number of hydrogen-bond donors (Lipinski definition) is 3. The zero-order valence-electron chi connectivity index (χ0n) is 30.4. The van der Waals surface area contributed by atoms with Crippen molar-refractivity contribution in [3.63, 3.8) is 0 Å². The van der Waals surface area contributed by atoms with Crippen LogP contribution in [0.3, 0.4) is 0 Å². The minimum atomic E-state index is -0.919. The standard InChI is InChI=1S/C36H54N4O9S/c1-24-31(50-23-38-24)26-10-8-25(9-11-26)21-37-33(44)28-20-27(41)22-40(28)34(45)32(35(2,3)4)39-29(42)12-14-46-16-18-48-19-17-47-15-13-30(43)49-36(5,6)7/h8-11,23,27-28,32,41H,12-22H2,1-7H3,(H,37,44)(H,39,42)/t27-,28+,32-/m1/s1. The second-order valence-corrected chi connectivity index (χ2v) is 15.2. The molecule has 1 aliphatic heterocycles. The molecule has 1 aromatic heterocycles. The quantitative estimate of drug-likeness (QED) is 0.154. The van der Waals surface area contributed by atoms with Crippen LogP contribution in [-0.2, 0) is 44.7 Å². The summed E-state index contributed by atoms with van der Waals surface area (Å²) in [5, 5.41) is 16.2. The summed E-state index contributed by atoms with van der Waals surface area (Å²) in [5.74, 6) is -1.46. The largest absolute Gasteiger partial charge is 0.460 e. The first kappa shape index (κ1) is 41.0. The summed E-state index contributed by atoms with van der Waals surface area (Å²) >= 11 is 1.57. The fraction of sp³-hybridized carbons (Fsp3) is 0.639. The van der Waals surface area contributed by atoms with Gasteiger partial charge in [0.1, 0.15) is 17.7 Å². The lowest BCUT2D eigenvalue weighted by Gasteiger charge is -2.35. The molecule has 0 unspecified atom stereocenters. The molecule has 14 heteroatoms. The molecule has 1 aliphatic rings. The Labute approximate surface area is 299 Å². The molecule has 1 saturated heterocycles. The van der Waals surface area contributed by atoms with Crippen LogP contribution in [0, 0.1) is 12.3 Å². The van der Waals surface area contributed by atoms with Crippen molar-refractivity contribution in [2.45, 2.75) is 98.1 Å². The Kier molecular flexibility index (Phi) is 15.8. The number of aliphatic hydroxyl groups excluding tert-OH is 1. The summed E-state index contributed by atoms with van der Waals surface area (Å²) in [6, 6.07) is 6.08. The maximum Gasteiger partial charge on any atom is 0.308 e. The maximum absolute atomic E-state index is 13.8. The van der Waals surface area contributed by atoms with Gasteiger partial charge >= 0.3 is 5.97 Å². The molecule has 3 amide bonds. The highest BCUT2D eigenvalue weighted by Gasteiger charge is 2.44. The topological polar surface area (TPSA) is 166 Å². The molecule has 1 aromatic carbocycles. The van der Waals surface area contributed by atoms with Crippen molar-refractivity contribution in [1.82, 2.24) is 20.5 Å². The monoisotopic (exact) mass is 718 g/mol. The van der Waals surface area contributed by atoms with Crippen molar-refractivity contribution in [3.8, 4) is 10.4 Å². The van der Waals surface area contributed by atoms with Crippen LogP contribution in [0.1, 0.15) is 72.1 Å². The van der Waals surface area contributed by atoms with Crippen LogP contribution in [0.25, 0.3) is 10.4 Å². The first-order valence-corrected chi connectivity index (χ1v) is 17.9. The number of rotatable bonds is 18. The van der Waals surface area contributed by atoms with E-state index in [0.29, 0.717) is 19.8 Å². The van der Waals surface area contributed by atoms with Crippen molar-refractivity contribution in [2.24, 2.45) is 5.41 Å². The molecular weight excluding hydrogens is 664 g/mol. The summed E-state index contributed by atoms with van der Waals surface area (Å²) < 4.78 is 21.6. The third-order valence-corrected chi connectivity index (χ3v) is 8.78. The first-order chi connectivity index (χ1) is 23.5. The number of hydrogen-bond acceptors (Lipinski definition) is 11. The number of likely N-dealkylation sites (tertiary alicyclic amines) is 1. The van der Waals surface area contributed by atoms with Crippen molar-refractivity contribution in [1.29, 1.82) is 0 Å². The molecule has 3 rings (SSSR count). The maximum atomic E-state index is 13.8. The van der Waals surface area contributed by atoms with E-state index < -0.39 is 35.1 Å². The van der Waals surface area contributed by atoms with Crippen LogP contribution in [0.4, 0.5) is 0 Å². The number of nitrogens with zero attached hydrogens (tertiary/aromatic N) is 2. The van der Waals surface area contributed by atoms with Gasteiger partial charge in [-0.3, -0.25) is 19.2 Å². The van der Waals surface area contributed by atoms with Gasteiger partial charge in [0.15, 0.2) is 0 Å². The number of carbonyl (C=O) groups is 4. The number of benzene rings is 1. The number of nitrogens with one attached hydrogen (secondary N) is 2. The van der Waals surface area contributed by atoms with Gasteiger partial charge in [0, 0.05) is 25.9 Å². The third-order valence-electron chi connectivity index (χ3n) is 7.80. The fourth-order valence-electron chi connectivity index (χ4n) is 5.27. The smallest absolute Gasteiger partial charge is 0.308 e. The Hall–Kier alpha value is -3.43. The normalized spacial score (nSPS) is 17.0. The lowest BCUT2D eigenvalue weighted by atomic mass is 9.85. The van der Waals surface area contributed by atoms with Gasteiger partial charge < -0.3 is 39.6 Å². The summed E-state index contributed by atoms with van der Waals surface area (Å²) in [7, 11) is 0. The molecule has 13 nitrogen and oxygen atoms in total. The van der Waals surface area contributed by atoms with Crippen molar-refractivity contribution >= 4 is 35.0 Å². The highest BCUT2D eigenvalue weighted by atomic mass is 32.1. The average Bonchev–Trinajstić information content (AvgIpc) is 3.65. The van der Waals surface area contributed by atoms with E-state index in [-0.39, 0.29) is 70.0 Å². The molecule has 3 N–H and O–H groups in total. The van der Waals surface area contributed by atoms with Gasteiger partial charge in [-0.2, -0.15) is 0 Å². The van der Waals surface area contributed by atoms with E-state index in [9.17, 15) is 24.3 Å². The Balaban J connectivity index is 1.39. The van der Waals surface area contributed by atoms with Crippen LogP contribution in [-0.4, -0.2) is 109 Å². The van der Waals surface area contributed by atoms with E-state index in [2.05, 4.69) is 15.6 Å². The zero-order chi connectivity index (χ0) is 36.9. The van der Waals surface area contributed by atoms with Crippen LogP contribution in [0.15, 0.2) is 29.8 Å². The molecule has 0 bridgehead atoms. The first-order valence-electron chi connectivity index (χ1n) is 17.0. The zero-order valence-corrected chi connectivity index (χ0v) is 31.2. The molecule has 50 heavy (non-hydrogen) atoms. The molecule has 1 fully saturated rings. The number of β-amino-alcohol motifs (C(OH)–C–C–N with tert-alkyl or cyclic N) is 1. The van der Waals surface area contributed by atoms with E-state index in [4.69, 9.17) is 18.9 Å². The second kappa shape index (κ2) is 19.3. The number of carbonyl (C=O) groups excluding carboxylic acids is 4. The number of aryl methyl sites for hydroxylation is 1. The van der Waals surface area contributed by atoms with Gasteiger partial charge in [0.2, 0.25) is 17.7 Å². The SMILES string of the molecule is Cc1ncsc1-c1ccc(CNC(=O)[C@@H]2C[C@@H](O)CN2C(=O)[C@@H](NC(=O)CCOCCOCCOCCC(=O)OC(C)(C)C)C(C)(C)C)cc1. The molecule has 0 aliphatic carbocycles. The van der Waals surface area contributed by atoms with Gasteiger partial charge in [0.05, 0.1) is 68.2 Å². The van der Waals surface area contributed by atoms with Gasteiger partial charge in [-0.1, -0.05) is 45.0 Å². The molecule has 278 valence electrons. The van der Waals surface area contributed by atoms with E-state index in [1.165, 1.54) is 4.90 Å². The Morgan fingerprint density at radius 1 is 0.940 bits per heavy atom. The number of ether oxygens (including phenoxy) is 4. The van der Waals surface area contributed by atoms with Crippen LogP contribution in [0.5, 0.6) is 0 Å². The lowest BCUT2D eigenvalue weighted by molar-refractivity contribution is -0.156. The summed E-state index contributed by atoms with van der Waals surface area (Å²) in [5.41, 5.74) is 3.54. The Morgan fingerprint density at radius 2 is 1.54 bits per heavy atom. The minimum Gasteiger partial charge on any atom is -0.460 e. The summed E-state index contributed by atoms with van der Waals surface area (Å²) in [4.78, 5) is 58.4. The van der Waals surface area contributed by atoms with Crippen LogP contribution < -0.4 is 10.6 Å². The molecule has 2 aromatic rings. The number of esters is 1. The molecule has 3 atom stereocenters. The molecular formula is C36H54N4O9S. The van der Waals surface area contributed by atoms with Crippen molar-refractivity contribution < 1.29 is 43.2 Å². The second-order valence-electron chi connectivity index (χ2n) is 14.4. The number of thiazole rings is 1. The highest BCUT2D eigenvalue weighted by Crippen LogP contribution is 2.28. The van der Waals surface area contributed by atoms with E-state index in [0.717, 1.165) is 21.7 Å². The molecule has 2 heterocycles. The van der Waals surface area contributed by atoms with Crippen LogP contribution in [0.2, 0.25) is 0 Å². The van der Waals surface area contributed by atoms with Gasteiger partial charge in [0.25, 0.3) is 0 Å².